The molecule has 0 bridgehead atoms. The fourth-order valence-electron chi connectivity index (χ4n) is 6.10. The van der Waals surface area contributed by atoms with Crippen LogP contribution in [0.25, 0.3) is 5.57 Å². The molecule has 6 rings (SSSR count). The molecule has 0 radical (unpaired) electrons. The van der Waals surface area contributed by atoms with Crippen molar-refractivity contribution in [1.82, 2.24) is 9.47 Å². The highest BCUT2D eigenvalue weighted by molar-refractivity contribution is 7.07. The maximum atomic E-state index is 14.6. The molecule has 10 heteroatoms. The first kappa shape index (κ1) is 30.1. The second kappa shape index (κ2) is 12.2. The summed E-state index contributed by atoms with van der Waals surface area (Å²) in [5.41, 5.74) is 3.80. The molecule has 3 heterocycles. The average Bonchev–Trinajstić information content (AvgIpc) is 3.52. The summed E-state index contributed by atoms with van der Waals surface area (Å²) in [6.45, 7) is 6.97. The molecule has 0 fully saturated rings. The van der Waals surface area contributed by atoms with Gasteiger partial charge in [-0.25, -0.2) is 4.99 Å². The number of nitrogens with zero attached hydrogens (tertiary/aromatic N) is 4. The van der Waals surface area contributed by atoms with E-state index in [2.05, 4.69) is 0 Å². The van der Waals surface area contributed by atoms with Crippen LogP contribution in [0.3, 0.4) is 0 Å². The third kappa shape index (κ3) is 5.04. The van der Waals surface area contributed by atoms with Gasteiger partial charge in [0.05, 0.1) is 43.3 Å². The van der Waals surface area contributed by atoms with Crippen molar-refractivity contribution in [3.05, 3.63) is 120 Å². The molecule has 230 valence electrons. The van der Waals surface area contributed by atoms with Gasteiger partial charge in [-0.3, -0.25) is 19.0 Å². The van der Waals surface area contributed by atoms with Crippen LogP contribution in [0.1, 0.15) is 43.5 Å². The number of rotatable bonds is 8. The number of carbonyl (C=O) groups excluding carboxylic acids is 2. The van der Waals surface area contributed by atoms with Crippen LogP contribution in [0.15, 0.2) is 93.9 Å². The molecule has 4 aromatic rings. The molecular formula is C35H34N4O5S. The number of carbonyl (C=O) groups is 2. The van der Waals surface area contributed by atoms with Crippen molar-refractivity contribution < 1.29 is 19.1 Å². The Bertz CT molecular complexity index is 2020. The smallest absolute Gasteiger partial charge is 0.271 e. The number of allylic oxidation sites excluding steroid dienone is 1. The number of thiazole rings is 1. The Morgan fingerprint density at radius 3 is 2.36 bits per heavy atom. The maximum Gasteiger partial charge on any atom is 0.271 e. The van der Waals surface area contributed by atoms with Gasteiger partial charge in [0.2, 0.25) is 0 Å². The second-order valence-electron chi connectivity index (χ2n) is 10.8. The first-order valence-corrected chi connectivity index (χ1v) is 15.7. The Kier molecular flexibility index (Phi) is 8.16. The number of likely N-dealkylation sites (N-methyl/N-ethyl adjacent to an activating group) is 1. The highest BCUT2D eigenvalue weighted by Crippen LogP contribution is 2.39. The molecule has 3 aromatic carbocycles. The van der Waals surface area contributed by atoms with E-state index in [0.717, 1.165) is 22.6 Å². The molecular weight excluding hydrogens is 588 g/mol. The van der Waals surface area contributed by atoms with Crippen LogP contribution in [-0.2, 0) is 16.1 Å². The van der Waals surface area contributed by atoms with Crippen molar-refractivity contribution in [3.8, 4) is 11.5 Å². The van der Waals surface area contributed by atoms with Gasteiger partial charge in [-0.05, 0) is 50.6 Å². The Balaban J connectivity index is 1.62. The molecule has 2 aliphatic rings. The van der Waals surface area contributed by atoms with E-state index in [1.54, 1.807) is 49.1 Å². The van der Waals surface area contributed by atoms with E-state index in [1.807, 2.05) is 68.4 Å². The van der Waals surface area contributed by atoms with Gasteiger partial charge in [-0.2, -0.15) is 0 Å². The minimum absolute atomic E-state index is 0.217. The molecule has 45 heavy (non-hydrogen) atoms. The Labute approximate surface area is 265 Å². The van der Waals surface area contributed by atoms with Gasteiger partial charge in [0.25, 0.3) is 17.4 Å². The molecule has 1 aromatic heterocycles. The number of ether oxygens (including phenoxy) is 2. The SMILES string of the molecule is CCN(CC)C(=O)C1=C(C)N=c2s/c(=C3/C(=O)N(Cc4ccccc4)c4ccccc43)c(=O)n2[C@@H]1c1cc(OC)ccc1OC. The fraction of sp³-hybridized carbons (Fsp3) is 0.257. The molecule has 0 saturated carbocycles. The van der Waals surface area contributed by atoms with E-state index in [1.165, 1.54) is 4.57 Å². The van der Waals surface area contributed by atoms with Gasteiger partial charge in [-0.15, -0.1) is 0 Å². The number of amides is 2. The number of fused-ring (bicyclic) bond motifs is 2. The summed E-state index contributed by atoms with van der Waals surface area (Å²) in [4.78, 5) is 51.5. The molecule has 1 atom stereocenters. The first-order valence-electron chi connectivity index (χ1n) is 14.8. The minimum Gasteiger partial charge on any atom is -0.497 e. The summed E-state index contributed by atoms with van der Waals surface area (Å²) in [5, 5.41) is 0. The largest absolute Gasteiger partial charge is 0.497 e. The van der Waals surface area contributed by atoms with Crippen LogP contribution in [0.5, 0.6) is 11.5 Å². The van der Waals surface area contributed by atoms with Crippen molar-refractivity contribution in [2.75, 3.05) is 32.2 Å². The molecule has 9 nitrogen and oxygen atoms in total. The molecule has 0 spiro atoms. The van der Waals surface area contributed by atoms with Gasteiger partial charge in [0.15, 0.2) is 4.80 Å². The summed E-state index contributed by atoms with van der Waals surface area (Å²) in [6, 6.07) is 21.7. The monoisotopic (exact) mass is 622 g/mol. The summed E-state index contributed by atoms with van der Waals surface area (Å²) >= 11 is 1.16. The van der Waals surface area contributed by atoms with E-state index in [4.69, 9.17) is 14.5 Å². The van der Waals surface area contributed by atoms with Crippen molar-refractivity contribution in [2.24, 2.45) is 4.99 Å². The van der Waals surface area contributed by atoms with Gasteiger partial charge in [0, 0.05) is 24.2 Å². The molecule has 2 aliphatic heterocycles. The number of anilines is 1. The number of benzene rings is 3. The lowest BCUT2D eigenvalue weighted by molar-refractivity contribution is -0.127. The molecule has 0 aliphatic carbocycles. The number of para-hydroxylation sites is 1. The van der Waals surface area contributed by atoms with E-state index in [0.29, 0.717) is 63.9 Å². The van der Waals surface area contributed by atoms with Crippen molar-refractivity contribution in [2.45, 2.75) is 33.4 Å². The van der Waals surface area contributed by atoms with E-state index >= 15 is 0 Å². The lowest BCUT2D eigenvalue weighted by Crippen LogP contribution is -2.43. The minimum atomic E-state index is -0.860. The highest BCUT2D eigenvalue weighted by Gasteiger charge is 2.38. The van der Waals surface area contributed by atoms with E-state index < -0.39 is 11.6 Å². The van der Waals surface area contributed by atoms with Crippen LogP contribution in [0.2, 0.25) is 0 Å². The number of aromatic nitrogens is 1. The van der Waals surface area contributed by atoms with Gasteiger partial charge < -0.3 is 19.3 Å². The van der Waals surface area contributed by atoms with Crippen molar-refractivity contribution in [3.63, 3.8) is 0 Å². The van der Waals surface area contributed by atoms with Gasteiger partial charge >= 0.3 is 0 Å². The summed E-state index contributed by atoms with van der Waals surface area (Å²) in [6.07, 6.45) is 0. The zero-order valence-electron chi connectivity index (χ0n) is 25.9. The molecule has 0 saturated heterocycles. The first-order chi connectivity index (χ1) is 21.8. The summed E-state index contributed by atoms with van der Waals surface area (Å²) < 4.78 is 13.1. The van der Waals surface area contributed by atoms with Crippen molar-refractivity contribution in [1.29, 1.82) is 0 Å². The summed E-state index contributed by atoms with van der Waals surface area (Å²) in [5.74, 6) is 0.577. The van der Waals surface area contributed by atoms with Gasteiger partial charge in [0.1, 0.15) is 22.1 Å². The highest BCUT2D eigenvalue weighted by atomic mass is 32.1. The van der Waals surface area contributed by atoms with Crippen LogP contribution < -0.4 is 29.3 Å². The third-order valence-electron chi connectivity index (χ3n) is 8.34. The zero-order chi connectivity index (χ0) is 31.8. The Morgan fingerprint density at radius 1 is 0.956 bits per heavy atom. The zero-order valence-corrected chi connectivity index (χ0v) is 26.7. The lowest BCUT2D eigenvalue weighted by Gasteiger charge is -2.30. The number of hydrogen-bond donors (Lipinski definition) is 0. The fourth-order valence-corrected chi connectivity index (χ4v) is 7.23. The maximum absolute atomic E-state index is 14.6. The third-order valence-corrected chi connectivity index (χ3v) is 9.40. The Hall–Kier alpha value is -4.96. The predicted molar refractivity (Wildman–Crippen MR) is 174 cm³/mol. The lowest BCUT2D eigenvalue weighted by atomic mass is 9.93. The van der Waals surface area contributed by atoms with Gasteiger partial charge in [-0.1, -0.05) is 59.9 Å². The molecule has 0 unspecified atom stereocenters. The number of hydrogen-bond acceptors (Lipinski definition) is 7. The van der Waals surface area contributed by atoms with Crippen LogP contribution in [0.4, 0.5) is 5.69 Å². The van der Waals surface area contributed by atoms with Crippen LogP contribution in [0, 0.1) is 0 Å². The second-order valence-corrected chi connectivity index (χ2v) is 11.7. The average molecular weight is 623 g/mol. The van der Waals surface area contributed by atoms with E-state index in [9.17, 15) is 14.4 Å². The molecule has 0 N–H and O–H groups in total. The van der Waals surface area contributed by atoms with Crippen LogP contribution >= 0.6 is 11.3 Å². The number of methoxy groups -OCH3 is 2. The standard InChI is InChI=1S/C35H34N4O5S/c1-6-37(7-2)32(40)28-21(3)36-35-39(30(28)25-19-23(43-4)17-18-27(25)44-5)34(42)31(45-35)29-24-15-11-12-16-26(24)38(33(29)41)20-22-13-9-8-10-14-22/h8-19,30H,6-7,20H2,1-5H3/b31-29+/t30-/m1/s1. The van der Waals surface area contributed by atoms with Crippen molar-refractivity contribution >= 4 is 34.4 Å². The molecule has 2 amide bonds. The topological polar surface area (TPSA) is 93.4 Å². The normalized spacial score (nSPS) is 16.7. The summed E-state index contributed by atoms with van der Waals surface area (Å²) in [7, 11) is 3.11. The Morgan fingerprint density at radius 2 is 1.67 bits per heavy atom. The van der Waals surface area contributed by atoms with E-state index in [-0.39, 0.29) is 16.3 Å². The predicted octanol–water partition coefficient (Wildman–Crippen LogP) is 4.04. The van der Waals surface area contributed by atoms with Crippen LogP contribution in [-0.4, -0.2) is 48.6 Å². The quantitative estimate of drug-likeness (QED) is 0.296.